The number of carboxylic acids is 1. The van der Waals surface area contributed by atoms with Gasteiger partial charge in [0.2, 0.25) is 5.88 Å². The molecule has 0 bridgehead atoms. The summed E-state index contributed by atoms with van der Waals surface area (Å²) in [5.74, 6) is -0.184. The number of carbonyl (C=O) groups is 1. The van der Waals surface area contributed by atoms with Crippen LogP contribution in [0.25, 0.3) is 0 Å². The molecule has 2 N–H and O–H groups in total. The van der Waals surface area contributed by atoms with Crippen LogP contribution in [0, 0.1) is 0 Å². The molecule has 2 aromatic rings. The third kappa shape index (κ3) is 6.08. The summed E-state index contributed by atoms with van der Waals surface area (Å²) in [5, 5.41) is 12.4. The van der Waals surface area contributed by atoms with E-state index in [1.165, 1.54) is 5.56 Å². The SMILES string of the molecule is COc1ccc(CNC(CCC(=O)O)Cc2ccccc2)cn1. The largest absolute Gasteiger partial charge is 0.481 e. The van der Waals surface area contributed by atoms with Gasteiger partial charge < -0.3 is 15.2 Å². The second kappa shape index (κ2) is 8.90. The molecule has 1 aromatic carbocycles. The second-order valence-corrected chi connectivity index (χ2v) is 5.41. The summed E-state index contributed by atoms with van der Waals surface area (Å²) in [4.78, 5) is 15.0. The lowest BCUT2D eigenvalue weighted by molar-refractivity contribution is -0.137. The Balaban J connectivity index is 1.94. The molecule has 0 amide bonds. The van der Waals surface area contributed by atoms with Crippen LogP contribution in [0.3, 0.4) is 0 Å². The molecule has 1 aromatic heterocycles. The van der Waals surface area contributed by atoms with Crippen molar-refractivity contribution >= 4 is 5.97 Å². The first-order valence-corrected chi connectivity index (χ1v) is 7.65. The lowest BCUT2D eigenvalue weighted by atomic mass is 10.0. The summed E-state index contributed by atoms with van der Waals surface area (Å²) in [7, 11) is 1.59. The molecule has 2 rings (SSSR count). The van der Waals surface area contributed by atoms with Gasteiger partial charge >= 0.3 is 5.97 Å². The van der Waals surface area contributed by atoms with Gasteiger partial charge in [-0.1, -0.05) is 36.4 Å². The van der Waals surface area contributed by atoms with Crippen LogP contribution >= 0.6 is 0 Å². The molecule has 0 aliphatic carbocycles. The number of aliphatic carboxylic acids is 1. The van der Waals surface area contributed by atoms with Crippen molar-refractivity contribution in [3.05, 3.63) is 59.8 Å². The second-order valence-electron chi connectivity index (χ2n) is 5.41. The number of rotatable bonds is 9. The Bertz CT molecular complexity index is 599. The number of carboxylic acid groups (broad SMARTS) is 1. The quantitative estimate of drug-likeness (QED) is 0.744. The van der Waals surface area contributed by atoms with Crippen LogP contribution in [0.5, 0.6) is 5.88 Å². The molecule has 0 saturated heterocycles. The molecular weight excluding hydrogens is 292 g/mol. The minimum absolute atomic E-state index is 0.107. The standard InChI is InChI=1S/C18H22N2O3/c1-23-17-9-7-15(13-20-17)12-19-16(8-10-18(21)22)11-14-5-3-2-4-6-14/h2-7,9,13,16,19H,8,10-12H2,1H3,(H,21,22). The number of nitrogens with zero attached hydrogens (tertiary/aromatic N) is 1. The smallest absolute Gasteiger partial charge is 0.303 e. The van der Waals surface area contributed by atoms with E-state index in [1.807, 2.05) is 30.3 Å². The average Bonchev–Trinajstić information content (AvgIpc) is 2.58. The number of hydrogen-bond acceptors (Lipinski definition) is 4. The highest BCUT2D eigenvalue weighted by atomic mass is 16.5. The van der Waals surface area contributed by atoms with Crippen LogP contribution in [-0.2, 0) is 17.8 Å². The zero-order chi connectivity index (χ0) is 16.5. The van der Waals surface area contributed by atoms with Crippen molar-refractivity contribution < 1.29 is 14.6 Å². The van der Waals surface area contributed by atoms with Gasteiger partial charge in [-0.05, 0) is 24.0 Å². The minimum atomic E-state index is -0.768. The predicted molar refractivity (Wildman–Crippen MR) is 88.4 cm³/mol. The molecule has 0 fully saturated rings. The monoisotopic (exact) mass is 314 g/mol. The number of methoxy groups -OCH3 is 1. The van der Waals surface area contributed by atoms with Gasteiger partial charge in [-0.3, -0.25) is 4.79 Å². The summed E-state index contributed by atoms with van der Waals surface area (Å²) in [5.41, 5.74) is 2.24. The Morgan fingerprint density at radius 2 is 2.00 bits per heavy atom. The zero-order valence-corrected chi connectivity index (χ0v) is 13.2. The van der Waals surface area contributed by atoms with Gasteiger partial charge in [0, 0.05) is 31.3 Å². The number of aromatic nitrogens is 1. The molecule has 5 heteroatoms. The normalized spacial score (nSPS) is 11.9. The van der Waals surface area contributed by atoms with Crippen molar-refractivity contribution in [1.29, 1.82) is 0 Å². The van der Waals surface area contributed by atoms with Crippen molar-refractivity contribution in [1.82, 2.24) is 10.3 Å². The molecule has 0 aliphatic heterocycles. The van der Waals surface area contributed by atoms with Crippen LogP contribution in [-0.4, -0.2) is 29.2 Å². The molecule has 23 heavy (non-hydrogen) atoms. The van der Waals surface area contributed by atoms with E-state index < -0.39 is 5.97 Å². The van der Waals surface area contributed by atoms with Gasteiger partial charge in [-0.15, -0.1) is 0 Å². The maximum absolute atomic E-state index is 10.8. The van der Waals surface area contributed by atoms with Crippen LogP contribution < -0.4 is 10.1 Å². The number of hydrogen-bond donors (Lipinski definition) is 2. The Morgan fingerprint density at radius 1 is 1.22 bits per heavy atom. The first-order chi connectivity index (χ1) is 11.2. The third-order valence-electron chi connectivity index (χ3n) is 3.63. The highest BCUT2D eigenvalue weighted by molar-refractivity contribution is 5.66. The number of benzene rings is 1. The van der Waals surface area contributed by atoms with Gasteiger partial charge in [0.15, 0.2) is 0 Å². The number of pyridine rings is 1. The molecule has 0 saturated carbocycles. The van der Waals surface area contributed by atoms with E-state index in [2.05, 4.69) is 22.4 Å². The van der Waals surface area contributed by atoms with E-state index in [0.29, 0.717) is 18.8 Å². The van der Waals surface area contributed by atoms with Gasteiger partial charge in [-0.25, -0.2) is 4.98 Å². The Kier molecular flexibility index (Phi) is 6.56. The van der Waals surface area contributed by atoms with Crippen molar-refractivity contribution in [2.45, 2.75) is 31.8 Å². The molecule has 122 valence electrons. The molecular formula is C18H22N2O3. The van der Waals surface area contributed by atoms with E-state index >= 15 is 0 Å². The molecule has 0 aliphatic rings. The fourth-order valence-electron chi connectivity index (χ4n) is 2.37. The lowest BCUT2D eigenvalue weighted by Gasteiger charge is -2.18. The molecule has 5 nitrogen and oxygen atoms in total. The lowest BCUT2D eigenvalue weighted by Crippen LogP contribution is -2.31. The fourth-order valence-corrected chi connectivity index (χ4v) is 2.37. The van der Waals surface area contributed by atoms with Crippen molar-refractivity contribution in [2.75, 3.05) is 7.11 Å². The van der Waals surface area contributed by atoms with Crippen LogP contribution in [0.2, 0.25) is 0 Å². The summed E-state index contributed by atoms with van der Waals surface area (Å²) in [6.07, 6.45) is 3.32. The van der Waals surface area contributed by atoms with E-state index in [4.69, 9.17) is 9.84 Å². The predicted octanol–water partition coefficient (Wildman–Crippen LogP) is 2.66. The zero-order valence-electron chi connectivity index (χ0n) is 13.2. The Hall–Kier alpha value is -2.40. The highest BCUT2D eigenvalue weighted by Crippen LogP contribution is 2.10. The summed E-state index contributed by atoms with van der Waals surface area (Å²) >= 11 is 0. The fraction of sp³-hybridized carbons (Fsp3) is 0.333. The van der Waals surface area contributed by atoms with Crippen molar-refractivity contribution in [2.24, 2.45) is 0 Å². The molecule has 1 heterocycles. The van der Waals surface area contributed by atoms with Gasteiger partial charge in [0.05, 0.1) is 7.11 Å². The third-order valence-corrected chi connectivity index (χ3v) is 3.63. The first-order valence-electron chi connectivity index (χ1n) is 7.65. The van der Waals surface area contributed by atoms with Crippen molar-refractivity contribution in [3.8, 4) is 5.88 Å². The topological polar surface area (TPSA) is 71.5 Å². The van der Waals surface area contributed by atoms with Crippen LogP contribution in [0.15, 0.2) is 48.7 Å². The summed E-state index contributed by atoms with van der Waals surface area (Å²) in [6.45, 7) is 0.647. The molecule has 1 unspecified atom stereocenters. The highest BCUT2D eigenvalue weighted by Gasteiger charge is 2.11. The van der Waals surface area contributed by atoms with E-state index in [9.17, 15) is 4.79 Å². The number of ether oxygens (including phenoxy) is 1. The average molecular weight is 314 g/mol. The van der Waals surface area contributed by atoms with E-state index in [-0.39, 0.29) is 12.5 Å². The Morgan fingerprint density at radius 3 is 2.61 bits per heavy atom. The summed E-state index contributed by atoms with van der Waals surface area (Å²) < 4.78 is 5.04. The molecule has 0 radical (unpaired) electrons. The van der Waals surface area contributed by atoms with Crippen LogP contribution in [0.1, 0.15) is 24.0 Å². The maximum Gasteiger partial charge on any atom is 0.303 e. The maximum atomic E-state index is 10.8. The van der Waals surface area contributed by atoms with Crippen LogP contribution in [0.4, 0.5) is 0 Å². The van der Waals surface area contributed by atoms with Gasteiger partial charge in [-0.2, -0.15) is 0 Å². The summed E-state index contributed by atoms with van der Waals surface area (Å²) in [6, 6.07) is 14.0. The van der Waals surface area contributed by atoms with Gasteiger partial charge in [0.25, 0.3) is 0 Å². The minimum Gasteiger partial charge on any atom is -0.481 e. The van der Waals surface area contributed by atoms with Crippen molar-refractivity contribution in [3.63, 3.8) is 0 Å². The molecule has 1 atom stereocenters. The molecule has 0 spiro atoms. The van der Waals surface area contributed by atoms with E-state index in [1.54, 1.807) is 13.3 Å². The Labute approximate surface area is 136 Å². The van der Waals surface area contributed by atoms with E-state index in [0.717, 1.165) is 12.0 Å². The van der Waals surface area contributed by atoms with Gasteiger partial charge in [0.1, 0.15) is 0 Å². The number of nitrogens with one attached hydrogen (secondary N) is 1. The first kappa shape index (κ1) is 17.0.